The van der Waals surface area contributed by atoms with Gasteiger partial charge >= 0.3 is 5.97 Å². The van der Waals surface area contributed by atoms with Gasteiger partial charge in [-0.2, -0.15) is 0 Å². The van der Waals surface area contributed by atoms with Crippen molar-refractivity contribution < 1.29 is 9.90 Å². The van der Waals surface area contributed by atoms with Crippen LogP contribution in [-0.4, -0.2) is 11.1 Å². The van der Waals surface area contributed by atoms with E-state index in [0.29, 0.717) is 0 Å². The molecule has 94 valence electrons. The van der Waals surface area contributed by atoms with Crippen molar-refractivity contribution in [2.75, 3.05) is 0 Å². The monoisotopic (exact) mass is 250 g/mol. The Labute approximate surface area is 112 Å². The van der Waals surface area contributed by atoms with Gasteiger partial charge in [-0.25, -0.2) is 4.79 Å². The summed E-state index contributed by atoms with van der Waals surface area (Å²) in [5.41, 5.74) is 2.11. The standard InChI is InChI=1S/C17H14O2/c18-17(19)16(13-15-9-5-2-6-10-15)12-11-14-7-3-1-4-8-14/h1-13H,(H,18,19). The Hall–Kier alpha value is -2.61. The summed E-state index contributed by atoms with van der Waals surface area (Å²) < 4.78 is 0. The Morgan fingerprint density at radius 3 is 1.89 bits per heavy atom. The Kier molecular flexibility index (Phi) is 4.29. The molecule has 0 bridgehead atoms. The van der Waals surface area contributed by atoms with Gasteiger partial charge < -0.3 is 5.11 Å². The van der Waals surface area contributed by atoms with E-state index in [1.165, 1.54) is 0 Å². The zero-order valence-corrected chi connectivity index (χ0v) is 10.4. The van der Waals surface area contributed by atoms with Crippen molar-refractivity contribution >= 4 is 18.1 Å². The van der Waals surface area contributed by atoms with E-state index in [1.807, 2.05) is 60.7 Å². The van der Waals surface area contributed by atoms with Crippen LogP contribution in [-0.2, 0) is 4.79 Å². The summed E-state index contributed by atoms with van der Waals surface area (Å²) in [6, 6.07) is 19.0. The minimum Gasteiger partial charge on any atom is -0.478 e. The van der Waals surface area contributed by atoms with Gasteiger partial charge in [-0.15, -0.1) is 0 Å². The zero-order chi connectivity index (χ0) is 13.5. The number of carbonyl (C=O) groups is 1. The third kappa shape index (κ3) is 3.96. The van der Waals surface area contributed by atoms with Crippen LogP contribution in [0.25, 0.3) is 12.2 Å². The molecule has 0 fully saturated rings. The highest BCUT2D eigenvalue weighted by Crippen LogP contribution is 2.10. The quantitative estimate of drug-likeness (QED) is 0.660. The largest absolute Gasteiger partial charge is 0.478 e. The first kappa shape index (κ1) is 12.8. The van der Waals surface area contributed by atoms with Crippen molar-refractivity contribution in [3.05, 3.63) is 83.4 Å². The maximum atomic E-state index is 11.2. The Bertz CT molecular complexity index is 596. The fourth-order valence-corrected chi connectivity index (χ4v) is 1.66. The molecule has 0 saturated heterocycles. The number of carboxylic acid groups (broad SMARTS) is 1. The summed E-state index contributed by atoms with van der Waals surface area (Å²) in [5.74, 6) is -0.934. The number of hydrogen-bond donors (Lipinski definition) is 1. The topological polar surface area (TPSA) is 37.3 Å². The van der Waals surface area contributed by atoms with Crippen LogP contribution in [0.3, 0.4) is 0 Å². The number of aliphatic carboxylic acids is 1. The average Bonchev–Trinajstić information content (AvgIpc) is 2.45. The highest BCUT2D eigenvalue weighted by Gasteiger charge is 2.02. The summed E-state index contributed by atoms with van der Waals surface area (Å²) in [4.78, 5) is 11.2. The first-order chi connectivity index (χ1) is 9.25. The van der Waals surface area contributed by atoms with Crippen molar-refractivity contribution in [3.8, 4) is 0 Å². The van der Waals surface area contributed by atoms with Crippen molar-refractivity contribution in [2.45, 2.75) is 0 Å². The molecule has 2 nitrogen and oxygen atoms in total. The van der Waals surface area contributed by atoms with Crippen LogP contribution in [0.2, 0.25) is 0 Å². The lowest BCUT2D eigenvalue weighted by molar-refractivity contribution is -0.132. The number of carboxylic acids is 1. The van der Waals surface area contributed by atoms with Gasteiger partial charge in [0, 0.05) is 0 Å². The third-order valence-corrected chi connectivity index (χ3v) is 2.62. The van der Waals surface area contributed by atoms with Gasteiger partial charge in [0.05, 0.1) is 5.57 Å². The van der Waals surface area contributed by atoms with Crippen molar-refractivity contribution in [3.63, 3.8) is 0 Å². The molecule has 0 heterocycles. The van der Waals surface area contributed by atoms with Crippen LogP contribution in [0.4, 0.5) is 0 Å². The molecule has 0 saturated carbocycles. The van der Waals surface area contributed by atoms with E-state index in [4.69, 9.17) is 0 Å². The van der Waals surface area contributed by atoms with Crippen LogP contribution >= 0.6 is 0 Å². The molecule has 0 unspecified atom stereocenters. The molecule has 0 aromatic heterocycles. The Balaban J connectivity index is 2.25. The number of benzene rings is 2. The third-order valence-electron chi connectivity index (χ3n) is 2.62. The maximum absolute atomic E-state index is 11.2. The SMILES string of the molecule is O=C(O)C(C=Cc1ccccc1)=Cc1ccccc1. The number of rotatable bonds is 4. The van der Waals surface area contributed by atoms with Crippen LogP contribution in [0.5, 0.6) is 0 Å². The molecular weight excluding hydrogens is 236 g/mol. The van der Waals surface area contributed by atoms with Crippen molar-refractivity contribution in [1.82, 2.24) is 0 Å². The molecule has 19 heavy (non-hydrogen) atoms. The van der Waals surface area contributed by atoms with Crippen molar-refractivity contribution in [2.24, 2.45) is 0 Å². The lowest BCUT2D eigenvalue weighted by Crippen LogP contribution is -1.97. The molecule has 1 N–H and O–H groups in total. The highest BCUT2D eigenvalue weighted by atomic mass is 16.4. The molecule has 0 atom stereocenters. The lowest BCUT2D eigenvalue weighted by atomic mass is 10.1. The predicted molar refractivity (Wildman–Crippen MR) is 77.5 cm³/mol. The Morgan fingerprint density at radius 1 is 0.842 bits per heavy atom. The first-order valence-corrected chi connectivity index (χ1v) is 5.99. The maximum Gasteiger partial charge on any atom is 0.335 e. The highest BCUT2D eigenvalue weighted by molar-refractivity contribution is 5.96. The van der Waals surface area contributed by atoms with E-state index in [0.717, 1.165) is 11.1 Å². The molecule has 0 aliphatic rings. The molecule has 2 heteroatoms. The molecule has 2 rings (SSSR count). The fraction of sp³-hybridized carbons (Fsp3) is 0. The predicted octanol–water partition coefficient (Wildman–Crippen LogP) is 3.87. The molecule has 0 spiro atoms. The van der Waals surface area contributed by atoms with Gasteiger partial charge in [0.1, 0.15) is 0 Å². The molecule has 0 amide bonds. The van der Waals surface area contributed by atoms with Gasteiger partial charge in [-0.3, -0.25) is 0 Å². The molecule has 2 aromatic carbocycles. The molecule has 0 aliphatic heterocycles. The van der Waals surface area contributed by atoms with Gasteiger partial charge in [-0.05, 0) is 23.3 Å². The van der Waals surface area contributed by atoms with Gasteiger partial charge in [-0.1, -0.05) is 66.7 Å². The summed E-state index contributed by atoms with van der Waals surface area (Å²) in [6.07, 6.45) is 5.06. The smallest absolute Gasteiger partial charge is 0.335 e. The van der Waals surface area contributed by atoms with E-state index < -0.39 is 5.97 Å². The molecular formula is C17H14O2. The molecule has 0 aliphatic carbocycles. The van der Waals surface area contributed by atoms with Gasteiger partial charge in [0.2, 0.25) is 0 Å². The van der Waals surface area contributed by atoms with E-state index in [2.05, 4.69) is 0 Å². The first-order valence-electron chi connectivity index (χ1n) is 5.99. The Morgan fingerprint density at radius 2 is 1.37 bits per heavy atom. The van der Waals surface area contributed by atoms with E-state index in [1.54, 1.807) is 18.2 Å². The second-order valence-corrected chi connectivity index (χ2v) is 4.06. The average molecular weight is 250 g/mol. The van der Waals surface area contributed by atoms with Crippen molar-refractivity contribution in [1.29, 1.82) is 0 Å². The summed E-state index contributed by atoms with van der Waals surface area (Å²) in [6.45, 7) is 0. The molecule has 2 aromatic rings. The summed E-state index contributed by atoms with van der Waals surface area (Å²) in [7, 11) is 0. The zero-order valence-electron chi connectivity index (χ0n) is 10.4. The minimum atomic E-state index is -0.934. The van der Waals surface area contributed by atoms with Crippen LogP contribution in [0.15, 0.2) is 72.3 Å². The van der Waals surface area contributed by atoms with Crippen LogP contribution in [0.1, 0.15) is 11.1 Å². The van der Waals surface area contributed by atoms with E-state index >= 15 is 0 Å². The van der Waals surface area contributed by atoms with Gasteiger partial charge in [0.15, 0.2) is 0 Å². The minimum absolute atomic E-state index is 0.259. The fourth-order valence-electron chi connectivity index (χ4n) is 1.66. The second kappa shape index (κ2) is 6.36. The molecule has 0 radical (unpaired) electrons. The summed E-state index contributed by atoms with van der Waals surface area (Å²) in [5, 5.41) is 9.19. The number of hydrogen-bond acceptors (Lipinski definition) is 1. The lowest BCUT2D eigenvalue weighted by Gasteiger charge is -1.97. The van der Waals surface area contributed by atoms with Crippen LogP contribution < -0.4 is 0 Å². The second-order valence-electron chi connectivity index (χ2n) is 4.06. The van der Waals surface area contributed by atoms with Crippen LogP contribution in [0, 0.1) is 0 Å². The van der Waals surface area contributed by atoms with E-state index in [-0.39, 0.29) is 5.57 Å². The van der Waals surface area contributed by atoms with E-state index in [9.17, 15) is 9.90 Å². The summed E-state index contributed by atoms with van der Waals surface area (Å²) >= 11 is 0. The normalized spacial score (nSPS) is 11.7. The van der Waals surface area contributed by atoms with Gasteiger partial charge in [0.25, 0.3) is 0 Å².